The summed E-state index contributed by atoms with van der Waals surface area (Å²) in [6, 6.07) is 0. The lowest BCUT2D eigenvalue weighted by atomic mass is 10.2. The minimum Gasteiger partial charge on any atom is -0.457 e. The first-order chi connectivity index (χ1) is 12.3. The highest BCUT2D eigenvalue weighted by Gasteiger charge is 2.27. The van der Waals surface area contributed by atoms with Crippen LogP contribution in [0.3, 0.4) is 0 Å². The second-order valence-corrected chi connectivity index (χ2v) is 8.08. The van der Waals surface area contributed by atoms with E-state index in [1.54, 1.807) is 13.8 Å². The van der Waals surface area contributed by atoms with Crippen LogP contribution in [0.15, 0.2) is 25.3 Å². The number of ether oxygens (including phenoxy) is 2. The molecule has 2 unspecified atom stereocenters. The van der Waals surface area contributed by atoms with Gasteiger partial charge in [-0.05, 0) is 20.3 Å². The first-order valence-electron chi connectivity index (χ1n) is 8.80. The van der Waals surface area contributed by atoms with Crippen LogP contribution in [0.1, 0.15) is 46.5 Å². The van der Waals surface area contributed by atoms with Crippen molar-refractivity contribution in [1.29, 1.82) is 0 Å². The maximum absolute atomic E-state index is 12.9. The Hall–Kier alpha value is -1.43. The third-order valence-corrected chi connectivity index (χ3v) is 5.21. The van der Waals surface area contributed by atoms with E-state index in [0.717, 1.165) is 31.4 Å². The van der Waals surface area contributed by atoms with Crippen LogP contribution in [-0.4, -0.2) is 43.5 Å². The fraction of sp³-hybridized carbons (Fsp3) is 0.667. The second kappa shape index (κ2) is 13.7. The topological polar surface area (TPSA) is 88.1 Å². The maximum atomic E-state index is 12.9. The number of hydrogen-bond acceptors (Lipinski definition) is 7. The molecule has 0 rings (SSSR count). The SMILES string of the molecule is C=CC(=O)OC(C)COP(=O)(CCCCCC)OCC(C)OC(=O)C=C. The summed E-state index contributed by atoms with van der Waals surface area (Å²) in [6.07, 6.45) is 4.84. The van der Waals surface area contributed by atoms with Gasteiger partial charge in [-0.2, -0.15) is 0 Å². The molecule has 0 fully saturated rings. The Kier molecular flexibility index (Phi) is 13.0. The van der Waals surface area contributed by atoms with Crippen LogP contribution >= 0.6 is 7.60 Å². The van der Waals surface area contributed by atoms with E-state index in [-0.39, 0.29) is 19.4 Å². The van der Waals surface area contributed by atoms with Crippen LogP contribution in [-0.2, 0) is 32.7 Å². The van der Waals surface area contributed by atoms with Crippen molar-refractivity contribution in [2.45, 2.75) is 58.7 Å². The molecule has 0 aromatic heterocycles. The summed E-state index contributed by atoms with van der Waals surface area (Å²) < 4.78 is 33.8. The molecule has 0 spiro atoms. The summed E-state index contributed by atoms with van der Waals surface area (Å²) in [5.74, 6) is -1.16. The number of carbonyl (C=O) groups is 2. The Morgan fingerprint density at radius 1 is 0.923 bits per heavy atom. The van der Waals surface area contributed by atoms with Gasteiger partial charge in [0, 0.05) is 12.2 Å². The highest BCUT2D eigenvalue weighted by Crippen LogP contribution is 2.49. The van der Waals surface area contributed by atoms with Gasteiger partial charge in [0.15, 0.2) is 0 Å². The van der Waals surface area contributed by atoms with E-state index in [2.05, 4.69) is 20.1 Å². The molecule has 0 aromatic rings. The van der Waals surface area contributed by atoms with E-state index < -0.39 is 31.7 Å². The molecular weight excluding hydrogens is 359 g/mol. The van der Waals surface area contributed by atoms with Crippen molar-refractivity contribution in [1.82, 2.24) is 0 Å². The lowest BCUT2D eigenvalue weighted by molar-refractivity contribution is -0.143. The van der Waals surface area contributed by atoms with Gasteiger partial charge in [-0.3, -0.25) is 4.57 Å². The summed E-state index contributed by atoms with van der Waals surface area (Å²) in [6.45, 7) is 11.8. The average Bonchev–Trinajstić information content (AvgIpc) is 2.62. The fourth-order valence-electron chi connectivity index (χ4n) is 1.90. The number of carbonyl (C=O) groups excluding carboxylic acids is 2. The smallest absolute Gasteiger partial charge is 0.330 e. The van der Waals surface area contributed by atoms with Gasteiger partial charge >= 0.3 is 19.5 Å². The first-order valence-corrected chi connectivity index (χ1v) is 10.5. The Labute approximate surface area is 156 Å². The van der Waals surface area contributed by atoms with Crippen LogP contribution in [0.4, 0.5) is 0 Å². The van der Waals surface area contributed by atoms with Crippen LogP contribution < -0.4 is 0 Å². The molecule has 0 bridgehead atoms. The molecular formula is C18H31O7P. The predicted molar refractivity (Wildman–Crippen MR) is 100 cm³/mol. The number of unbranched alkanes of at least 4 members (excludes halogenated alkanes) is 3. The molecule has 2 atom stereocenters. The highest BCUT2D eigenvalue weighted by molar-refractivity contribution is 7.53. The van der Waals surface area contributed by atoms with Crippen LogP contribution in [0.2, 0.25) is 0 Å². The van der Waals surface area contributed by atoms with Gasteiger partial charge in [0.1, 0.15) is 12.2 Å². The van der Waals surface area contributed by atoms with E-state index in [0.29, 0.717) is 6.42 Å². The van der Waals surface area contributed by atoms with Gasteiger partial charge in [0.25, 0.3) is 0 Å². The Morgan fingerprint density at radius 3 is 1.77 bits per heavy atom. The summed E-state index contributed by atoms with van der Waals surface area (Å²) in [5.41, 5.74) is 0. The van der Waals surface area contributed by atoms with E-state index in [9.17, 15) is 14.2 Å². The molecule has 0 aliphatic rings. The van der Waals surface area contributed by atoms with Gasteiger partial charge in [-0.1, -0.05) is 39.3 Å². The van der Waals surface area contributed by atoms with Crippen molar-refractivity contribution in [2.75, 3.05) is 19.4 Å². The van der Waals surface area contributed by atoms with Crippen molar-refractivity contribution in [3.05, 3.63) is 25.3 Å². The zero-order chi connectivity index (χ0) is 20.0. The summed E-state index contributed by atoms with van der Waals surface area (Å²) in [5, 5.41) is 0. The molecule has 150 valence electrons. The predicted octanol–water partition coefficient (Wildman–Crippen LogP) is 4.03. The molecule has 0 aliphatic carbocycles. The monoisotopic (exact) mass is 390 g/mol. The van der Waals surface area contributed by atoms with E-state index >= 15 is 0 Å². The molecule has 0 heterocycles. The minimum atomic E-state index is -3.41. The van der Waals surface area contributed by atoms with Gasteiger partial charge in [-0.15, -0.1) is 0 Å². The second-order valence-electron chi connectivity index (χ2n) is 5.89. The van der Waals surface area contributed by atoms with Crippen molar-refractivity contribution >= 4 is 19.5 Å². The van der Waals surface area contributed by atoms with Crippen LogP contribution in [0.5, 0.6) is 0 Å². The van der Waals surface area contributed by atoms with Gasteiger partial charge < -0.3 is 18.5 Å². The summed E-state index contributed by atoms with van der Waals surface area (Å²) in [4.78, 5) is 22.4. The van der Waals surface area contributed by atoms with Crippen LogP contribution in [0.25, 0.3) is 0 Å². The summed E-state index contributed by atoms with van der Waals surface area (Å²) >= 11 is 0. The zero-order valence-electron chi connectivity index (χ0n) is 16.0. The normalized spacial score (nSPS) is 15.3. The first kappa shape index (κ1) is 24.6. The molecule has 0 saturated heterocycles. The van der Waals surface area contributed by atoms with Crippen molar-refractivity contribution in [3.8, 4) is 0 Å². The quantitative estimate of drug-likeness (QED) is 0.180. The molecule has 0 saturated carbocycles. The molecule has 7 nitrogen and oxygen atoms in total. The number of rotatable bonds is 15. The third kappa shape index (κ3) is 12.0. The van der Waals surface area contributed by atoms with Crippen molar-refractivity contribution in [3.63, 3.8) is 0 Å². The Balaban J connectivity index is 4.64. The van der Waals surface area contributed by atoms with E-state index in [4.69, 9.17) is 18.5 Å². The Morgan fingerprint density at radius 2 is 1.38 bits per heavy atom. The maximum Gasteiger partial charge on any atom is 0.330 e. The van der Waals surface area contributed by atoms with Crippen LogP contribution in [0, 0.1) is 0 Å². The van der Waals surface area contributed by atoms with Gasteiger partial charge in [0.05, 0.1) is 19.4 Å². The average molecular weight is 390 g/mol. The van der Waals surface area contributed by atoms with Crippen molar-refractivity contribution in [2.24, 2.45) is 0 Å². The lowest BCUT2D eigenvalue weighted by Crippen LogP contribution is -2.21. The van der Waals surface area contributed by atoms with E-state index in [1.165, 1.54) is 0 Å². The molecule has 0 N–H and O–H groups in total. The lowest BCUT2D eigenvalue weighted by Gasteiger charge is -2.22. The molecule has 26 heavy (non-hydrogen) atoms. The summed E-state index contributed by atoms with van der Waals surface area (Å²) in [7, 11) is -3.41. The molecule has 0 radical (unpaired) electrons. The largest absolute Gasteiger partial charge is 0.457 e. The standard InChI is InChI=1S/C18H31O7P/c1-6-9-10-11-12-26(21,22-13-15(4)24-17(19)7-2)23-14-16(5)25-18(20)8-3/h7-8,15-16H,2-3,6,9-14H2,1,4-5H3. The van der Waals surface area contributed by atoms with Gasteiger partial charge in [0.2, 0.25) is 0 Å². The fourth-order valence-corrected chi connectivity index (χ4v) is 3.71. The molecule has 8 heteroatoms. The highest BCUT2D eigenvalue weighted by atomic mass is 31.2. The third-order valence-electron chi connectivity index (χ3n) is 3.27. The van der Waals surface area contributed by atoms with E-state index in [1.807, 2.05) is 0 Å². The minimum absolute atomic E-state index is 0.0640. The molecule has 0 aromatic carbocycles. The zero-order valence-corrected chi connectivity index (χ0v) is 16.9. The molecule has 0 amide bonds. The number of hydrogen-bond donors (Lipinski definition) is 0. The Bertz CT molecular complexity index is 468. The molecule has 0 aliphatic heterocycles. The number of esters is 2. The van der Waals surface area contributed by atoms with Gasteiger partial charge in [-0.25, -0.2) is 9.59 Å². The van der Waals surface area contributed by atoms with Crippen molar-refractivity contribution < 1.29 is 32.7 Å².